The van der Waals surface area contributed by atoms with Gasteiger partial charge in [-0.1, -0.05) is 6.07 Å². The highest BCUT2D eigenvalue weighted by Crippen LogP contribution is 2.55. The van der Waals surface area contributed by atoms with Gasteiger partial charge in [0.25, 0.3) is 5.69 Å². The Morgan fingerprint density at radius 2 is 1.91 bits per heavy atom. The number of non-ortho nitro benzene ring substituents is 1. The van der Waals surface area contributed by atoms with Crippen molar-refractivity contribution in [2.75, 3.05) is 0 Å². The molecule has 0 N–H and O–H groups in total. The summed E-state index contributed by atoms with van der Waals surface area (Å²) < 4.78 is 5.81. The van der Waals surface area contributed by atoms with Gasteiger partial charge in [-0.2, -0.15) is 0 Å². The predicted molar refractivity (Wildman–Crippen MR) is 79.8 cm³/mol. The fourth-order valence-corrected chi connectivity index (χ4v) is 4.80. The minimum Gasteiger partial charge on any atom is -0.455 e. The van der Waals surface area contributed by atoms with Gasteiger partial charge in [-0.15, -0.1) is 0 Å². The molecule has 0 radical (unpaired) electrons. The standard InChI is InChI=1S/C17H17NO5/c19-15-12-4-10-5-13(15)9-17(7-10,8-12)23-16(20)11-2-1-3-14(6-11)18(21)22/h1-3,6,10,12-13H,4-5,7-9H2. The molecule has 2 atom stereocenters. The van der Waals surface area contributed by atoms with E-state index in [9.17, 15) is 19.7 Å². The van der Waals surface area contributed by atoms with Gasteiger partial charge in [-0.3, -0.25) is 14.9 Å². The number of nitro benzene ring substituents is 1. The molecule has 0 aliphatic heterocycles. The van der Waals surface area contributed by atoms with E-state index in [1.807, 2.05) is 0 Å². The van der Waals surface area contributed by atoms with Crippen molar-refractivity contribution in [1.82, 2.24) is 0 Å². The van der Waals surface area contributed by atoms with Gasteiger partial charge < -0.3 is 4.74 Å². The highest BCUT2D eigenvalue weighted by Gasteiger charge is 2.57. The average Bonchev–Trinajstić information content (AvgIpc) is 2.51. The van der Waals surface area contributed by atoms with Crippen molar-refractivity contribution < 1.29 is 19.2 Å². The van der Waals surface area contributed by atoms with Crippen LogP contribution in [0.15, 0.2) is 24.3 Å². The van der Waals surface area contributed by atoms with Crippen LogP contribution in [0.2, 0.25) is 0 Å². The molecule has 23 heavy (non-hydrogen) atoms. The van der Waals surface area contributed by atoms with Gasteiger partial charge in [0.1, 0.15) is 11.4 Å². The number of carbonyl (C=O) groups is 2. The van der Waals surface area contributed by atoms with Crippen LogP contribution in [0.4, 0.5) is 5.69 Å². The first-order chi connectivity index (χ1) is 11.0. The molecule has 4 fully saturated rings. The molecule has 5 rings (SSSR count). The van der Waals surface area contributed by atoms with E-state index in [4.69, 9.17) is 4.74 Å². The van der Waals surface area contributed by atoms with Crippen LogP contribution in [0.25, 0.3) is 0 Å². The number of nitro groups is 1. The summed E-state index contributed by atoms with van der Waals surface area (Å²) in [6, 6.07) is 5.60. The maximum Gasteiger partial charge on any atom is 0.338 e. The van der Waals surface area contributed by atoms with Crippen molar-refractivity contribution >= 4 is 17.4 Å². The summed E-state index contributed by atoms with van der Waals surface area (Å²) in [4.78, 5) is 34.9. The Morgan fingerprint density at radius 3 is 2.57 bits per heavy atom. The summed E-state index contributed by atoms with van der Waals surface area (Å²) in [6.45, 7) is 0. The second-order valence-electron chi connectivity index (χ2n) is 7.13. The van der Waals surface area contributed by atoms with Crippen molar-refractivity contribution in [3.8, 4) is 0 Å². The van der Waals surface area contributed by atoms with Crippen molar-refractivity contribution in [3.63, 3.8) is 0 Å². The molecule has 0 saturated heterocycles. The first-order valence-corrected chi connectivity index (χ1v) is 7.97. The molecule has 6 nitrogen and oxygen atoms in total. The average molecular weight is 315 g/mol. The first kappa shape index (κ1) is 14.4. The lowest BCUT2D eigenvalue weighted by molar-refractivity contribution is -0.384. The fourth-order valence-electron chi connectivity index (χ4n) is 4.80. The van der Waals surface area contributed by atoms with Crippen molar-refractivity contribution in [2.24, 2.45) is 17.8 Å². The van der Waals surface area contributed by atoms with Gasteiger partial charge in [-0.25, -0.2) is 4.79 Å². The maximum atomic E-state index is 12.5. The Hall–Kier alpha value is -2.24. The SMILES string of the molecule is O=C(OC12CC3CC(C1)C(=O)C(C3)C2)c1cccc([N+](=O)[O-])c1. The number of nitrogens with zero attached hydrogens (tertiary/aromatic N) is 1. The normalized spacial score (nSPS) is 34.4. The summed E-state index contributed by atoms with van der Waals surface area (Å²) in [5, 5.41) is 10.8. The highest BCUT2D eigenvalue weighted by atomic mass is 16.6. The quantitative estimate of drug-likeness (QED) is 0.486. The number of ether oxygens (including phenoxy) is 1. The number of benzene rings is 1. The number of hydrogen-bond donors (Lipinski definition) is 0. The van der Waals surface area contributed by atoms with E-state index in [2.05, 4.69) is 0 Å². The van der Waals surface area contributed by atoms with Gasteiger partial charge in [0, 0.05) is 24.0 Å². The molecule has 0 spiro atoms. The zero-order chi connectivity index (χ0) is 16.2. The Kier molecular flexibility index (Phi) is 3.04. The van der Waals surface area contributed by atoms with Crippen LogP contribution >= 0.6 is 0 Å². The van der Waals surface area contributed by atoms with Gasteiger partial charge in [0.15, 0.2) is 0 Å². The highest BCUT2D eigenvalue weighted by molar-refractivity contribution is 5.91. The molecule has 4 bridgehead atoms. The number of hydrogen-bond acceptors (Lipinski definition) is 5. The smallest absolute Gasteiger partial charge is 0.338 e. The van der Waals surface area contributed by atoms with Crippen molar-refractivity contribution in [1.29, 1.82) is 0 Å². The van der Waals surface area contributed by atoms with E-state index >= 15 is 0 Å². The third kappa shape index (κ3) is 2.33. The van der Waals surface area contributed by atoms with Gasteiger partial charge >= 0.3 is 5.97 Å². The molecule has 1 aromatic rings. The number of Topliss-reactive ketones (excluding diaryl/α,β-unsaturated/α-hetero) is 1. The summed E-state index contributed by atoms with van der Waals surface area (Å²) >= 11 is 0. The van der Waals surface area contributed by atoms with E-state index in [1.54, 1.807) is 0 Å². The predicted octanol–water partition coefficient (Wildman–Crippen LogP) is 2.90. The van der Waals surface area contributed by atoms with Gasteiger partial charge in [0.05, 0.1) is 10.5 Å². The number of esters is 1. The number of carbonyl (C=O) groups excluding carboxylic acids is 2. The Morgan fingerprint density at radius 1 is 1.22 bits per heavy atom. The van der Waals surface area contributed by atoms with Crippen LogP contribution in [-0.2, 0) is 9.53 Å². The third-order valence-electron chi connectivity index (χ3n) is 5.54. The molecule has 0 aromatic heterocycles. The molecular weight excluding hydrogens is 298 g/mol. The number of ketones is 1. The molecule has 6 heteroatoms. The first-order valence-electron chi connectivity index (χ1n) is 7.97. The van der Waals surface area contributed by atoms with Crippen LogP contribution in [0.3, 0.4) is 0 Å². The van der Waals surface area contributed by atoms with Crippen LogP contribution in [0.1, 0.15) is 42.5 Å². The van der Waals surface area contributed by atoms with Crippen LogP contribution in [0, 0.1) is 27.9 Å². The maximum absolute atomic E-state index is 12.5. The van der Waals surface area contributed by atoms with Crippen molar-refractivity contribution in [3.05, 3.63) is 39.9 Å². The van der Waals surface area contributed by atoms with Crippen molar-refractivity contribution in [2.45, 2.75) is 37.7 Å². The summed E-state index contributed by atoms with van der Waals surface area (Å²) in [6.07, 6.45) is 3.88. The molecule has 1 aromatic carbocycles. The molecular formula is C17H17NO5. The zero-order valence-corrected chi connectivity index (χ0v) is 12.6. The lowest BCUT2D eigenvalue weighted by atomic mass is 9.53. The largest absolute Gasteiger partial charge is 0.455 e. The molecule has 4 aliphatic carbocycles. The summed E-state index contributed by atoms with van der Waals surface area (Å²) in [5.41, 5.74) is -0.479. The monoisotopic (exact) mass is 315 g/mol. The topological polar surface area (TPSA) is 86.5 Å². The van der Waals surface area contributed by atoms with Crippen LogP contribution in [0.5, 0.6) is 0 Å². The van der Waals surface area contributed by atoms with E-state index in [1.165, 1.54) is 24.3 Å². The Balaban J connectivity index is 1.56. The van der Waals surface area contributed by atoms with Gasteiger partial charge in [0.2, 0.25) is 0 Å². The molecule has 120 valence electrons. The molecule has 4 aliphatic rings. The van der Waals surface area contributed by atoms with Crippen LogP contribution in [-0.4, -0.2) is 22.3 Å². The van der Waals surface area contributed by atoms with E-state index in [0.717, 1.165) is 19.3 Å². The van der Waals surface area contributed by atoms with E-state index in [0.29, 0.717) is 24.5 Å². The lowest BCUT2D eigenvalue weighted by Crippen LogP contribution is -2.56. The Labute approximate surface area is 133 Å². The fraction of sp³-hybridized carbons (Fsp3) is 0.529. The Bertz CT molecular complexity index is 695. The second kappa shape index (κ2) is 4.88. The van der Waals surface area contributed by atoms with Gasteiger partial charge in [-0.05, 0) is 44.1 Å². The second-order valence-corrected chi connectivity index (χ2v) is 7.13. The summed E-state index contributed by atoms with van der Waals surface area (Å²) in [7, 11) is 0. The minimum atomic E-state index is -0.549. The third-order valence-corrected chi connectivity index (χ3v) is 5.54. The molecule has 0 heterocycles. The minimum absolute atomic E-state index is 0.0270. The lowest BCUT2D eigenvalue weighted by Gasteiger charge is -2.54. The molecule has 0 amide bonds. The van der Waals surface area contributed by atoms with Crippen LogP contribution < -0.4 is 0 Å². The number of rotatable bonds is 3. The van der Waals surface area contributed by atoms with E-state index < -0.39 is 16.5 Å². The summed E-state index contributed by atoms with van der Waals surface area (Å²) in [5.74, 6) is 0.326. The zero-order valence-electron chi connectivity index (χ0n) is 12.6. The molecule has 2 unspecified atom stereocenters. The molecule has 4 saturated carbocycles. The van der Waals surface area contributed by atoms with E-state index in [-0.39, 0.29) is 23.1 Å².